The Labute approximate surface area is 92.1 Å². The number of hydrogen-bond acceptors (Lipinski definition) is 3. The average Bonchev–Trinajstić information content (AvgIpc) is 2.45. The van der Waals surface area contributed by atoms with Gasteiger partial charge in [-0.15, -0.1) is 0 Å². The van der Waals surface area contributed by atoms with Crippen LogP contribution in [-0.4, -0.2) is 27.4 Å². The average molecular weight is 210 g/mol. The summed E-state index contributed by atoms with van der Waals surface area (Å²) < 4.78 is 1.95. The minimum absolute atomic E-state index is 0.551. The van der Waals surface area contributed by atoms with Crippen LogP contribution in [0.3, 0.4) is 0 Å². The van der Waals surface area contributed by atoms with E-state index in [1.165, 1.54) is 0 Å². The maximum atomic E-state index is 4.32. The van der Waals surface area contributed by atoms with Gasteiger partial charge in [0.15, 0.2) is 0 Å². The third kappa shape index (κ3) is 3.63. The summed E-state index contributed by atoms with van der Waals surface area (Å²) in [6, 6.07) is 0.551. The van der Waals surface area contributed by atoms with Gasteiger partial charge in [-0.05, 0) is 26.7 Å². The first-order valence-corrected chi connectivity index (χ1v) is 5.62. The van der Waals surface area contributed by atoms with Gasteiger partial charge in [0.1, 0.15) is 11.6 Å². The lowest BCUT2D eigenvalue weighted by Gasteiger charge is -2.17. The van der Waals surface area contributed by atoms with Crippen molar-refractivity contribution in [3.8, 4) is 0 Å². The van der Waals surface area contributed by atoms with E-state index >= 15 is 0 Å². The molecule has 1 heterocycles. The van der Waals surface area contributed by atoms with Gasteiger partial charge in [-0.2, -0.15) is 5.10 Å². The molecule has 4 heteroatoms. The van der Waals surface area contributed by atoms with Crippen LogP contribution in [0.25, 0.3) is 0 Å². The summed E-state index contributed by atoms with van der Waals surface area (Å²) in [7, 11) is 0. The molecule has 0 aliphatic carbocycles. The summed E-state index contributed by atoms with van der Waals surface area (Å²) >= 11 is 0. The van der Waals surface area contributed by atoms with Gasteiger partial charge in [-0.3, -0.25) is 0 Å². The Morgan fingerprint density at radius 2 is 1.93 bits per heavy atom. The van der Waals surface area contributed by atoms with E-state index in [4.69, 9.17) is 0 Å². The quantitative estimate of drug-likeness (QED) is 0.801. The van der Waals surface area contributed by atoms with E-state index in [9.17, 15) is 0 Å². The smallest absolute Gasteiger partial charge is 0.147 e. The number of nitrogens with one attached hydrogen (secondary N) is 1. The predicted molar refractivity (Wildman–Crippen MR) is 61.8 cm³/mol. The number of aromatic nitrogens is 3. The minimum Gasteiger partial charge on any atom is -0.312 e. The van der Waals surface area contributed by atoms with Gasteiger partial charge in [0, 0.05) is 12.6 Å². The molecule has 1 atom stereocenters. The molecule has 0 bridgehead atoms. The molecule has 4 nitrogen and oxygen atoms in total. The standard InChI is InChI=1S/C11H22N4/c1-8(2)9(3)12-6-7-15-11(5)13-10(4)14-15/h8-9,12H,6-7H2,1-5H3. The molecule has 0 saturated heterocycles. The molecule has 1 aromatic heterocycles. The Bertz CT molecular complexity index is 304. The lowest BCUT2D eigenvalue weighted by Crippen LogP contribution is -2.33. The summed E-state index contributed by atoms with van der Waals surface area (Å²) in [4.78, 5) is 4.27. The largest absolute Gasteiger partial charge is 0.312 e. The fourth-order valence-electron chi connectivity index (χ4n) is 1.41. The summed E-state index contributed by atoms with van der Waals surface area (Å²) in [5.74, 6) is 2.51. The van der Waals surface area contributed by atoms with Crippen LogP contribution in [0, 0.1) is 19.8 Å². The van der Waals surface area contributed by atoms with Crippen molar-refractivity contribution < 1.29 is 0 Å². The number of rotatable bonds is 5. The molecule has 0 radical (unpaired) electrons. The maximum Gasteiger partial charge on any atom is 0.147 e. The van der Waals surface area contributed by atoms with Crippen molar-refractivity contribution >= 4 is 0 Å². The zero-order chi connectivity index (χ0) is 11.4. The number of nitrogens with zero attached hydrogens (tertiary/aromatic N) is 3. The number of hydrogen-bond donors (Lipinski definition) is 1. The first kappa shape index (κ1) is 12.2. The zero-order valence-electron chi connectivity index (χ0n) is 10.4. The lowest BCUT2D eigenvalue weighted by atomic mass is 10.1. The highest BCUT2D eigenvalue weighted by atomic mass is 15.3. The van der Waals surface area contributed by atoms with Crippen LogP contribution in [0.2, 0.25) is 0 Å². The molecule has 86 valence electrons. The van der Waals surface area contributed by atoms with Crippen LogP contribution in [0.4, 0.5) is 0 Å². The van der Waals surface area contributed by atoms with E-state index in [-0.39, 0.29) is 0 Å². The molecular formula is C11H22N4. The molecular weight excluding hydrogens is 188 g/mol. The summed E-state index contributed by atoms with van der Waals surface area (Å²) in [6.45, 7) is 12.4. The van der Waals surface area contributed by atoms with Crippen molar-refractivity contribution in [2.45, 2.75) is 47.2 Å². The minimum atomic E-state index is 0.551. The van der Waals surface area contributed by atoms with Crippen molar-refractivity contribution in [2.24, 2.45) is 5.92 Å². The molecule has 0 fully saturated rings. The van der Waals surface area contributed by atoms with Gasteiger partial charge >= 0.3 is 0 Å². The van der Waals surface area contributed by atoms with Gasteiger partial charge in [0.05, 0.1) is 6.54 Å². The van der Waals surface area contributed by atoms with Crippen LogP contribution in [0.1, 0.15) is 32.4 Å². The third-order valence-electron chi connectivity index (χ3n) is 2.75. The van der Waals surface area contributed by atoms with E-state index in [0.29, 0.717) is 12.0 Å². The Morgan fingerprint density at radius 3 is 2.40 bits per heavy atom. The lowest BCUT2D eigenvalue weighted by molar-refractivity contribution is 0.408. The van der Waals surface area contributed by atoms with E-state index in [1.54, 1.807) is 0 Å². The molecule has 1 unspecified atom stereocenters. The topological polar surface area (TPSA) is 42.7 Å². The van der Waals surface area contributed by atoms with E-state index in [2.05, 4.69) is 36.2 Å². The highest BCUT2D eigenvalue weighted by Crippen LogP contribution is 1.99. The molecule has 0 aliphatic heterocycles. The van der Waals surface area contributed by atoms with Crippen LogP contribution < -0.4 is 5.32 Å². The van der Waals surface area contributed by atoms with Crippen LogP contribution >= 0.6 is 0 Å². The van der Waals surface area contributed by atoms with Gasteiger partial charge in [0.25, 0.3) is 0 Å². The van der Waals surface area contributed by atoms with Gasteiger partial charge in [-0.25, -0.2) is 9.67 Å². The van der Waals surface area contributed by atoms with Gasteiger partial charge in [-0.1, -0.05) is 13.8 Å². The third-order valence-corrected chi connectivity index (χ3v) is 2.75. The van der Waals surface area contributed by atoms with Gasteiger partial charge < -0.3 is 5.32 Å². The number of aryl methyl sites for hydroxylation is 2. The molecule has 0 amide bonds. The van der Waals surface area contributed by atoms with Crippen molar-refractivity contribution in [3.05, 3.63) is 11.6 Å². The predicted octanol–water partition coefficient (Wildman–Crippen LogP) is 1.53. The maximum absolute atomic E-state index is 4.32. The van der Waals surface area contributed by atoms with E-state index in [0.717, 1.165) is 24.7 Å². The van der Waals surface area contributed by atoms with E-state index < -0.39 is 0 Å². The van der Waals surface area contributed by atoms with Crippen molar-refractivity contribution in [2.75, 3.05) is 6.54 Å². The normalized spacial score (nSPS) is 13.5. The van der Waals surface area contributed by atoms with Crippen LogP contribution in [-0.2, 0) is 6.54 Å². The molecule has 0 aliphatic rings. The fraction of sp³-hybridized carbons (Fsp3) is 0.818. The Balaban J connectivity index is 2.35. The molecule has 1 N–H and O–H groups in total. The first-order chi connectivity index (χ1) is 7.00. The highest BCUT2D eigenvalue weighted by molar-refractivity contribution is 4.87. The van der Waals surface area contributed by atoms with Crippen molar-refractivity contribution in [1.29, 1.82) is 0 Å². The zero-order valence-corrected chi connectivity index (χ0v) is 10.4. The van der Waals surface area contributed by atoms with Crippen LogP contribution in [0.5, 0.6) is 0 Å². The Hall–Kier alpha value is -0.900. The summed E-state index contributed by atoms with van der Waals surface area (Å²) in [6.07, 6.45) is 0. The SMILES string of the molecule is Cc1nc(C)n(CCNC(C)C(C)C)n1. The molecule has 0 spiro atoms. The summed E-state index contributed by atoms with van der Waals surface area (Å²) in [5.41, 5.74) is 0. The van der Waals surface area contributed by atoms with Crippen LogP contribution in [0.15, 0.2) is 0 Å². The molecule has 0 saturated carbocycles. The fourth-order valence-corrected chi connectivity index (χ4v) is 1.41. The second-order valence-corrected chi connectivity index (χ2v) is 4.42. The second kappa shape index (κ2) is 5.26. The second-order valence-electron chi connectivity index (χ2n) is 4.42. The first-order valence-electron chi connectivity index (χ1n) is 5.62. The Morgan fingerprint density at radius 1 is 1.27 bits per heavy atom. The highest BCUT2D eigenvalue weighted by Gasteiger charge is 2.06. The molecule has 0 aromatic carbocycles. The molecule has 1 aromatic rings. The van der Waals surface area contributed by atoms with E-state index in [1.807, 2.05) is 18.5 Å². The van der Waals surface area contributed by atoms with Gasteiger partial charge in [0.2, 0.25) is 0 Å². The molecule has 15 heavy (non-hydrogen) atoms. The van der Waals surface area contributed by atoms with Crippen molar-refractivity contribution in [3.63, 3.8) is 0 Å². The summed E-state index contributed by atoms with van der Waals surface area (Å²) in [5, 5.41) is 7.80. The molecule has 1 rings (SSSR count). The Kier molecular flexibility index (Phi) is 4.27. The van der Waals surface area contributed by atoms with Crippen molar-refractivity contribution in [1.82, 2.24) is 20.1 Å². The monoisotopic (exact) mass is 210 g/mol.